The first kappa shape index (κ1) is 28.7. The number of unbranched alkanes of at least 4 members (excludes halogenated alkanes) is 14. The standard InChI is InChI=1S/C32H55N2/c1-3-5-7-9-11-12-13-15-20-26-32-33(27-21-16-14-10-8-6-4-2)29-30-34(32)28-22-25-31-23-18-17-19-24-31/h17-19,23-24,29-30H,3-16,20-22,25-28H2,1-2H3/q+1. The zero-order chi connectivity index (χ0) is 24.1. The second kappa shape index (κ2) is 19.7. The summed E-state index contributed by atoms with van der Waals surface area (Å²) in [6, 6.07) is 11.0. The van der Waals surface area contributed by atoms with Gasteiger partial charge in [-0.25, -0.2) is 9.13 Å². The summed E-state index contributed by atoms with van der Waals surface area (Å²) in [6.07, 6.45) is 30.7. The molecule has 2 heteroatoms. The molecule has 0 aliphatic rings. The van der Waals surface area contributed by atoms with Crippen molar-refractivity contribution in [3.8, 4) is 0 Å². The number of imidazole rings is 1. The Hall–Kier alpha value is -1.57. The monoisotopic (exact) mass is 467 g/mol. The Balaban J connectivity index is 1.76. The predicted molar refractivity (Wildman–Crippen MR) is 148 cm³/mol. The fourth-order valence-corrected chi connectivity index (χ4v) is 5.12. The van der Waals surface area contributed by atoms with Gasteiger partial charge < -0.3 is 0 Å². The van der Waals surface area contributed by atoms with Crippen LogP contribution in [-0.2, 0) is 25.9 Å². The second-order valence-electron chi connectivity index (χ2n) is 10.4. The van der Waals surface area contributed by atoms with Gasteiger partial charge >= 0.3 is 0 Å². The molecule has 0 radical (unpaired) electrons. The van der Waals surface area contributed by atoms with Gasteiger partial charge in [-0.05, 0) is 37.7 Å². The van der Waals surface area contributed by atoms with Crippen LogP contribution in [0.25, 0.3) is 0 Å². The molecule has 0 atom stereocenters. The maximum atomic E-state index is 2.58. The van der Waals surface area contributed by atoms with Crippen molar-refractivity contribution in [3.05, 3.63) is 54.1 Å². The summed E-state index contributed by atoms with van der Waals surface area (Å²) in [5.41, 5.74) is 1.46. The Morgan fingerprint density at radius 3 is 1.76 bits per heavy atom. The van der Waals surface area contributed by atoms with Crippen molar-refractivity contribution in [2.24, 2.45) is 0 Å². The smallest absolute Gasteiger partial charge is 0.234 e. The normalized spacial score (nSPS) is 11.4. The number of hydrogen-bond acceptors (Lipinski definition) is 0. The summed E-state index contributed by atoms with van der Waals surface area (Å²) in [7, 11) is 0. The van der Waals surface area contributed by atoms with Crippen LogP contribution in [-0.4, -0.2) is 4.57 Å². The number of aromatic nitrogens is 2. The molecule has 1 heterocycles. The molecule has 0 fully saturated rings. The Morgan fingerprint density at radius 2 is 1.15 bits per heavy atom. The van der Waals surface area contributed by atoms with Crippen molar-refractivity contribution in [2.75, 3.05) is 0 Å². The summed E-state index contributed by atoms with van der Waals surface area (Å²) in [5.74, 6) is 1.57. The molecular weight excluding hydrogens is 412 g/mol. The van der Waals surface area contributed by atoms with Crippen LogP contribution in [0.5, 0.6) is 0 Å². The van der Waals surface area contributed by atoms with Gasteiger partial charge in [0.15, 0.2) is 0 Å². The van der Waals surface area contributed by atoms with Crippen LogP contribution in [0.15, 0.2) is 42.7 Å². The van der Waals surface area contributed by atoms with Crippen molar-refractivity contribution in [2.45, 2.75) is 149 Å². The van der Waals surface area contributed by atoms with E-state index in [0.717, 1.165) is 6.54 Å². The molecule has 0 aliphatic heterocycles. The molecule has 0 saturated carbocycles. The van der Waals surface area contributed by atoms with Gasteiger partial charge in [-0.2, -0.15) is 0 Å². The lowest BCUT2D eigenvalue weighted by Gasteiger charge is -2.07. The highest BCUT2D eigenvalue weighted by molar-refractivity contribution is 5.14. The van der Waals surface area contributed by atoms with Gasteiger partial charge in [0.1, 0.15) is 12.4 Å². The number of aryl methyl sites for hydroxylation is 3. The lowest BCUT2D eigenvalue weighted by molar-refractivity contribution is -0.704. The van der Waals surface area contributed by atoms with Crippen molar-refractivity contribution >= 4 is 0 Å². The molecule has 2 nitrogen and oxygen atoms in total. The molecule has 2 aromatic rings. The van der Waals surface area contributed by atoms with Crippen molar-refractivity contribution < 1.29 is 4.57 Å². The minimum atomic E-state index is 1.14. The molecule has 1 aromatic heterocycles. The lowest BCUT2D eigenvalue weighted by atomic mass is 10.1. The van der Waals surface area contributed by atoms with E-state index in [0.29, 0.717) is 0 Å². The molecule has 0 amide bonds. The van der Waals surface area contributed by atoms with E-state index in [9.17, 15) is 0 Å². The van der Waals surface area contributed by atoms with E-state index in [-0.39, 0.29) is 0 Å². The minimum Gasteiger partial charge on any atom is -0.234 e. The maximum absolute atomic E-state index is 2.58. The van der Waals surface area contributed by atoms with Crippen molar-refractivity contribution in [3.63, 3.8) is 0 Å². The Morgan fingerprint density at radius 1 is 0.588 bits per heavy atom. The third-order valence-corrected chi connectivity index (χ3v) is 7.30. The van der Waals surface area contributed by atoms with Gasteiger partial charge in [-0.3, -0.25) is 0 Å². The summed E-state index contributed by atoms with van der Waals surface area (Å²) >= 11 is 0. The van der Waals surface area contributed by atoms with E-state index in [4.69, 9.17) is 0 Å². The van der Waals surface area contributed by atoms with Gasteiger partial charge in [-0.1, -0.05) is 128 Å². The molecule has 1 aromatic carbocycles. The van der Waals surface area contributed by atoms with Crippen LogP contribution >= 0.6 is 0 Å². The van der Waals surface area contributed by atoms with Gasteiger partial charge in [-0.15, -0.1) is 0 Å². The average molecular weight is 468 g/mol. The number of rotatable bonds is 22. The summed E-state index contributed by atoms with van der Waals surface area (Å²) in [4.78, 5) is 0. The summed E-state index contributed by atoms with van der Waals surface area (Å²) in [6.45, 7) is 6.95. The Kier molecular flexibility index (Phi) is 16.6. The van der Waals surface area contributed by atoms with Crippen molar-refractivity contribution in [1.29, 1.82) is 0 Å². The fraction of sp³-hybridized carbons (Fsp3) is 0.719. The minimum absolute atomic E-state index is 1.14. The Labute approximate surface area is 212 Å². The Bertz CT molecular complexity index is 703. The van der Waals surface area contributed by atoms with Crippen LogP contribution in [0.1, 0.15) is 134 Å². The van der Waals surface area contributed by atoms with Gasteiger partial charge in [0.05, 0.1) is 13.1 Å². The lowest BCUT2D eigenvalue weighted by Crippen LogP contribution is -2.37. The fourth-order valence-electron chi connectivity index (χ4n) is 5.12. The van der Waals surface area contributed by atoms with Crippen molar-refractivity contribution in [1.82, 2.24) is 4.57 Å². The highest BCUT2D eigenvalue weighted by Crippen LogP contribution is 2.13. The number of nitrogens with zero attached hydrogens (tertiary/aromatic N) is 2. The highest BCUT2D eigenvalue weighted by atomic mass is 15.1. The topological polar surface area (TPSA) is 8.81 Å². The molecule has 0 bridgehead atoms. The van der Waals surface area contributed by atoms with Gasteiger partial charge in [0.25, 0.3) is 5.82 Å². The van der Waals surface area contributed by atoms with E-state index in [2.05, 4.69) is 65.7 Å². The molecule has 0 N–H and O–H groups in total. The van der Waals surface area contributed by atoms with Crippen LogP contribution in [0, 0.1) is 0 Å². The van der Waals surface area contributed by atoms with Gasteiger partial charge in [0, 0.05) is 6.42 Å². The summed E-state index contributed by atoms with van der Waals surface area (Å²) < 4.78 is 5.15. The van der Waals surface area contributed by atoms with E-state index in [1.807, 2.05) is 0 Å². The average Bonchev–Trinajstić information content (AvgIpc) is 3.24. The predicted octanol–water partition coefficient (Wildman–Crippen LogP) is 9.23. The molecule has 0 unspecified atom stereocenters. The molecule has 0 saturated heterocycles. The van der Waals surface area contributed by atoms with E-state index >= 15 is 0 Å². The molecule has 192 valence electrons. The largest absolute Gasteiger partial charge is 0.256 e. The third-order valence-electron chi connectivity index (χ3n) is 7.30. The quantitative estimate of drug-likeness (QED) is 0.120. The zero-order valence-corrected chi connectivity index (χ0v) is 22.8. The van der Waals surface area contributed by atoms with Crippen LogP contribution in [0.3, 0.4) is 0 Å². The number of hydrogen-bond donors (Lipinski definition) is 0. The van der Waals surface area contributed by atoms with E-state index in [1.54, 1.807) is 5.82 Å². The molecule has 0 aliphatic carbocycles. The van der Waals surface area contributed by atoms with E-state index in [1.165, 1.54) is 134 Å². The maximum Gasteiger partial charge on any atom is 0.256 e. The zero-order valence-electron chi connectivity index (χ0n) is 22.8. The first-order chi connectivity index (χ1) is 16.8. The van der Waals surface area contributed by atoms with E-state index < -0.39 is 0 Å². The SMILES string of the molecule is CCCCCCCCCCCc1n(CCCCCCCCC)cc[n+]1CCCc1ccccc1. The van der Waals surface area contributed by atoms with Crippen LogP contribution in [0.4, 0.5) is 0 Å². The van der Waals surface area contributed by atoms with Gasteiger partial charge in [0.2, 0.25) is 0 Å². The third kappa shape index (κ3) is 12.8. The summed E-state index contributed by atoms with van der Waals surface area (Å²) in [5, 5.41) is 0. The second-order valence-corrected chi connectivity index (χ2v) is 10.4. The first-order valence-corrected chi connectivity index (χ1v) is 15.0. The molecular formula is C32H55N2+. The molecule has 0 spiro atoms. The van der Waals surface area contributed by atoms with Crippen LogP contribution in [0.2, 0.25) is 0 Å². The first-order valence-electron chi connectivity index (χ1n) is 15.0. The highest BCUT2D eigenvalue weighted by Gasteiger charge is 2.16. The van der Waals surface area contributed by atoms with Crippen LogP contribution < -0.4 is 4.57 Å². The number of benzene rings is 1. The molecule has 34 heavy (non-hydrogen) atoms. The molecule has 2 rings (SSSR count).